The first-order valence-corrected chi connectivity index (χ1v) is 8.80. The lowest BCUT2D eigenvalue weighted by Gasteiger charge is -2.53. The molecule has 0 amide bonds. The van der Waals surface area contributed by atoms with E-state index < -0.39 is 6.10 Å². The molecule has 1 fully saturated rings. The number of likely N-dealkylation sites (tertiary alicyclic amines) is 1. The first kappa shape index (κ1) is 18.4. The maximum Gasteiger partial charge on any atom is 0.0900 e. The van der Waals surface area contributed by atoms with Crippen molar-refractivity contribution < 1.29 is 9.84 Å². The van der Waals surface area contributed by atoms with Crippen LogP contribution in [0.3, 0.4) is 0 Å². The van der Waals surface area contributed by atoms with Crippen LogP contribution in [-0.4, -0.2) is 40.3 Å². The van der Waals surface area contributed by atoms with E-state index >= 15 is 0 Å². The van der Waals surface area contributed by atoms with Crippen molar-refractivity contribution in [3.63, 3.8) is 0 Å². The van der Waals surface area contributed by atoms with Crippen LogP contribution < -0.4 is 0 Å². The molecule has 0 bridgehead atoms. The van der Waals surface area contributed by atoms with Crippen molar-refractivity contribution in [3.05, 3.63) is 35.4 Å². The van der Waals surface area contributed by atoms with Gasteiger partial charge in [0.15, 0.2) is 0 Å². The summed E-state index contributed by atoms with van der Waals surface area (Å²) >= 11 is 0. The Kier molecular flexibility index (Phi) is 5.88. The monoisotopic (exact) mass is 319 g/mol. The van der Waals surface area contributed by atoms with Gasteiger partial charge in [0.2, 0.25) is 0 Å². The minimum Gasteiger partial charge on any atom is -0.389 e. The summed E-state index contributed by atoms with van der Waals surface area (Å²) in [4.78, 5) is 2.46. The zero-order valence-corrected chi connectivity index (χ0v) is 15.4. The Hall–Kier alpha value is -0.900. The lowest BCUT2D eigenvalue weighted by Crippen LogP contribution is -2.60. The molecule has 130 valence electrons. The molecule has 1 atom stereocenters. The third-order valence-corrected chi connectivity index (χ3v) is 5.13. The lowest BCUT2D eigenvalue weighted by atomic mass is 9.79. The number of benzene rings is 1. The Morgan fingerprint density at radius 2 is 1.65 bits per heavy atom. The fourth-order valence-electron chi connectivity index (χ4n) is 3.80. The van der Waals surface area contributed by atoms with Crippen molar-refractivity contribution in [2.24, 2.45) is 0 Å². The molecule has 1 saturated heterocycles. The largest absolute Gasteiger partial charge is 0.389 e. The van der Waals surface area contributed by atoms with Gasteiger partial charge in [-0.15, -0.1) is 0 Å². The fraction of sp³-hybridized carbons (Fsp3) is 0.700. The van der Waals surface area contributed by atoms with Crippen molar-refractivity contribution in [2.45, 2.75) is 77.7 Å². The molecular weight excluding hydrogens is 286 g/mol. The van der Waals surface area contributed by atoms with Gasteiger partial charge in [-0.1, -0.05) is 29.8 Å². The van der Waals surface area contributed by atoms with Crippen LogP contribution in [0.5, 0.6) is 0 Å². The van der Waals surface area contributed by atoms with Gasteiger partial charge < -0.3 is 9.84 Å². The molecule has 0 aromatic heterocycles. The average Bonchev–Trinajstić information content (AvgIpc) is 2.45. The Morgan fingerprint density at radius 3 is 2.22 bits per heavy atom. The number of rotatable bonds is 6. The predicted octanol–water partition coefficient (Wildman–Crippen LogP) is 3.92. The molecule has 3 heteroatoms. The predicted molar refractivity (Wildman–Crippen MR) is 95.6 cm³/mol. The molecule has 0 saturated carbocycles. The minimum absolute atomic E-state index is 0.139. The Balaban J connectivity index is 1.83. The van der Waals surface area contributed by atoms with Gasteiger partial charge in [-0.05, 0) is 59.4 Å². The summed E-state index contributed by atoms with van der Waals surface area (Å²) in [6, 6.07) is 8.35. The molecule has 3 nitrogen and oxygen atoms in total. The summed E-state index contributed by atoms with van der Waals surface area (Å²) in [6.07, 6.45) is 3.19. The van der Waals surface area contributed by atoms with Gasteiger partial charge in [-0.2, -0.15) is 0 Å². The molecule has 1 heterocycles. The summed E-state index contributed by atoms with van der Waals surface area (Å²) in [6.45, 7) is 12.8. The van der Waals surface area contributed by atoms with Crippen LogP contribution in [0.15, 0.2) is 24.3 Å². The van der Waals surface area contributed by atoms with Crippen LogP contribution >= 0.6 is 0 Å². The lowest BCUT2D eigenvalue weighted by molar-refractivity contribution is -0.0714. The standard InChI is InChI=1S/C20H33NO2/c1-16-7-9-17(10-8-16)14-23-15-18(22)13-21-19(2,3)11-6-12-20(21,4)5/h7-10,18,22H,6,11-15H2,1-5H3/t18-/m0/s1. The van der Waals surface area contributed by atoms with E-state index in [4.69, 9.17) is 4.74 Å². The van der Waals surface area contributed by atoms with Gasteiger partial charge in [0.25, 0.3) is 0 Å². The van der Waals surface area contributed by atoms with Crippen LogP contribution in [0.2, 0.25) is 0 Å². The van der Waals surface area contributed by atoms with Gasteiger partial charge >= 0.3 is 0 Å². The summed E-state index contributed by atoms with van der Waals surface area (Å²) in [5, 5.41) is 10.4. The zero-order valence-electron chi connectivity index (χ0n) is 15.4. The van der Waals surface area contributed by atoms with Crippen molar-refractivity contribution in [3.8, 4) is 0 Å². The maximum absolute atomic E-state index is 10.4. The molecular formula is C20H33NO2. The molecule has 1 aliphatic heterocycles. The smallest absolute Gasteiger partial charge is 0.0900 e. The normalized spacial score (nSPS) is 22.0. The van der Waals surface area contributed by atoms with Crippen LogP contribution in [0.25, 0.3) is 0 Å². The molecule has 2 rings (SSSR count). The number of aryl methyl sites for hydroxylation is 1. The zero-order chi connectivity index (χ0) is 17.1. The SMILES string of the molecule is Cc1ccc(COC[C@@H](O)CN2C(C)(C)CCCC2(C)C)cc1. The highest BCUT2D eigenvalue weighted by Gasteiger charge is 2.41. The van der Waals surface area contributed by atoms with Gasteiger partial charge in [-0.25, -0.2) is 0 Å². The van der Waals surface area contributed by atoms with E-state index in [1.807, 2.05) is 0 Å². The number of aliphatic hydroxyl groups is 1. The first-order valence-electron chi connectivity index (χ1n) is 8.80. The van der Waals surface area contributed by atoms with Crippen molar-refractivity contribution >= 4 is 0 Å². The summed E-state index contributed by atoms with van der Waals surface area (Å²) < 4.78 is 5.72. The quantitative estimate of drug-likeness (QED) is 0.863. The summed E-state index contributed by atoms with van der Waals surface area (Å²) in [5.41, 5.74) is 2.68. The van der Waals surface area contributed by atoms with E-state index in [9.17, 15) is 5.11 Å². The molecule has 1 aliphatic rings. The molecule has 0 unspecified atom stereocenters. The van der Waals surface area contributed by atoms with E-state index in [1.165, 1.54) is 24.8 Å². The van der Waals surface area contributed by atoms with Crippen LogP contribution in [-0.2, 0) is 11.3 Å². The van der Waals surface area contributed by atoms with Crippen molar-refractivity contribution in [1.29, 1.82) is 0 Å². The van der Waals surface area contributed by atoms with Crippen LogP contribution in [0.1, 0.15) is 58.1 Å². The van der Waals surface area contributed by atoms with E-state index in [0.717, 1.165) is 5.56 Å². The second-order valence-electron chi connectivity index (χ2n) is 8.24. The topological polar surface area (TPSA) is 32.7 Å². The van der Waals surface area contributed by atoms with E-state index in [1.54, 1.807) is 0 Å². The van der Waals surface area contributed by atoms with Crippen molar-refractivity contribution in [2.75, 3.05) is 13.2 Å². The minimum atomic E-state index is -0.447. The molecule has 1 N–H and O–H groups in total. The second-order valence-corrected chi connectivity index (χ2v) is 8.24. The second kappa shape index (κ2) is 7.33. The number of β-amino-alcohol motifs (C(OH)–C–C–N with tert-alkyl or cyclic N) is 1. The van der Waals surface area contributed by atoms with Crippen LogP contribution in [0.4, 0.5) is 0 Å². The highest BCUT2D eigenvalue weighted by Crippen LogP contribution is 2.38. The molecule has 1 aromatic rings. The molecule has 1 aromatic carbocycles. The maximum atomic E-state index is 10.4. The number of ether oxygens (including phenoxy) is 1. The molecule has 0 spiro atoms. The molecule has 23 heavy (non-hydrogen) atoms. The van der Waals surface area contributed by atoms with Crippen molar-refractivity contribution in [1.82, 2.24) is 4.90 Å². The fourth-order valence-corrected chi connectivity index (χ4v) is 3.80. The summed E-state index contributed by atoms with van der Waals surface area (Å²) in [7, 11) is 0. The van der Waals surface area contributed by atoms with Gasteiger partial charge in [0.1, 0.15) is 0 Å². The molecule has 0 aliphatic carbocycles. The average molecular weight is 319 g/mol. The number of hydrogen-bond acceptors (Lipinski definition) is 3. The molecule has 0 radical (unpaired) electrons. The summed E-state index contributed by atoms with van der Waals surface area (Å²) in [5.74, 6) is 0. The number of piperidine rings is 1. The number of nitrogens with zero attached hydrogens (tertiary/aromatic N) is 1. The number of hydrogen-bond donors (Lipinski definition) is 1. The highest BCUT2D eigenvalue weighted by atomic mass is 16.5. The van der Waals surface area contributed by atoms with Crippen LogP contribution in [0, 0.1) is 6.92 Å². The third kappa shape index (κ3) is 5.03. The number of aliphatic hydroxyl groups excluding tert-OH is 1. The van der Waals surface area contributed by atoms with Gasteiger partial charge in [0, 0.05) is 17.6 Å². The Labute approximate surface area is 141 Å². The first-order chi connectivity index (χ1) is 10.7. The highest BCUT2D eigenvalue weighted by molar-refractivity contribution is 5.20. The van der Waals surface area contributed by atoms with E-state index in [2.05, 4.69) is 63.8 Å². The third-order valence-electron chi connectivity index (χ3n) is 5.13. The Morgan fingerprint density at radius 1 is 1.09 bits per heavy atom. The Bertz CT molecular complexity index is 477. The van der Waals surface area contributed by atoms with E-state index in [0.29, 0.717) is 19.8 Å². The van der Waals surface area contributed by atoms with E-state index in [-0.39, 0.29) is 11.1 Å². The van der Waals surface area contributed by atoms with Gasteiger partial charge in [0.05, 0.1) is 19.3 Å². The van der Waals surface area contributed by atoms with Gasteiger partial charge in [-0.3, -0.25) is 4.90 Å².